The number of carbonyl (C=O) groups is 1. The highest BCUT2D eigenvalue weighted by Gasteiger charge is 2.13. The van der Waals surface area contributed by atoms with E-state index in [-0.39, 0.29) is 11.6 Å². The Bertz CT molecular complexity index is 1030. The Morgan fingerprint density at radius 1 is 1.12 bits per heavy atom. The van der Waals surface area contributed by atoms with E-state index >= 15 is 0 Å². The van der Waals surface area contributed by atoms with E-state index in [1.165, 1.54) is 34.8 Å². The van der Waals surface area contributed by atoms with E-state index in [1.807, 2.05) is 27.4 Å². The smallest absolute Gasteiger partial charge is 0.195 e. The van der Waals surface area contributed by atoms with Crippen LogP contribution in [0.1, 0.15) is 15.4 Å². The molecule has 0 saturated heterocycles. The minimum Gasteiger partial charge on any atom is -0.290 e. The van der Waals surface area contributed by atoms with Crippen molar-refractivity contribution in [3.63, 3.8) is 0 Å². The first-order valence-electron chi connectivity index (χ1n) is 7.20. The molecular formula is C18H11FN2OS2. The van der Waals surface area contributed by atoms with Crippen LogP contribution in [0.2, 0.25) is 0 Å². The molecule has 0 fully saturated rings. The zero-order valence-corrected chi connectivity index (χ0v) is 14.0. The Hall–Kier alpha value is -2.57. The SMILES string of the molecule is O=C(C=Cc1c(-c2ccc(F)cc2)nc2sccn12)c1cccs1. The van der Waals surface area contributed by atoms with Gasteiger partial charge < -0.3 is 0 Å². The molecule has 0 aliphatic heterocycles. The van der Waals surface area contributed by atoms with Crippen molar-refractivity contribution in [3.05, 3.63) is 75.8 Å². The highest BCUT2D eigenvalue weighted by Crippen LogP contribution is 2.28. The maximum atomic E-state index is 13.2. The lowest BCUT2D eigenvalue weighted by Gasteiger charge is -2.00. The molecular weight excluding hydrogens is 343 g/mol. The predicted molar refractivity (Wildman–Crippen MR) is 96.1 cm³/mol. The third-order valence-electron chi connectivity index (χ3n) is 3.57. The zero-order valence-electron chi connectivity index (χ0n) is 12.3. The van der Waals surface area contributed by atoms with Crippen molar-refractivity contribution >= 4 is 39.5 Å². The number of fused-ring (bicyclic) bond motifs is 1. The molecule has 0 N–H and O–H groups in total. The summed E-state index contributed by atoms with van der Waals surface area (Å²) in [6, 6.07) is 9.86. The minimum absolute atomic E-state index is 0.0414. The molecule has 0 aliphatic rings. The van der Waals surface area contributed by atoms with Gasteiger partial charge in [0, 0.05) is 17.1 Å². The summed E-state index contributed by atoms with van der Waals surface area (Å²) < 4.78 is 15.1. The lowest BCUT2D eigenvalue weighted by atomic mass is 10.1. The van der Waals surface area contributed by atoms with Crippen LogP contribution < -0.4 is 0 Å². The molecule has 4 aromatic rings. The number of allylic oxidation sites excluding steroid dienone is 1. The number of nitrogens with zero attached hydrogens (tertiary/aromatic N) is 2. The number of carbonyl (C=O) groups excluding carboxylic acids is 1. The monoisotopic (exact) mass is 354 g/mol. The van der Waals surface area contributed by atoms with E-state index in [1.54, 1.807) is 30.4 Å². The van der Waals surface area contributed by atoms with Gasteiger partial charge in [-0.1, -0.05) is 6.07 Å². The molecule has 24 heavy (non-hydrogen) atoms. The van der Waals surface area contributed by atoms with Gasteiger partial charge in [0.2, 0.25) is 0 Å². The van der Waals surface area contributed by atoms with Crippen molar-refractivity contribution in [2.24, 2.45) is 0 Å². The molecule has 0 unspecified atom stereocenters. The Balaban J connectivity index is 1.78. The van der Waals surface area contributed by atoms with Crippen LogP contribution in [0, 0.1) is 5.82 Å². The van der Waals surface area contributed by atoms with Crippen LogP contribution in [0.15, 0.2) is 59.4 Å². The van der Waals surface area contributed by atoms with E-state index < -0.39 is 0 Å². The summed E-state index contributed by atoms with van der Waals surface area (Å²) in [5, 5.41) is 3.82. The van der Waals surface area contributed by atoms with E-state index in [9.17, 15) is 9.18 Å². The molecule has 0 spiro atoms. The second-order valence-electron chi connectivity index (χ2n) is 5.08. The fourth-order valence-corrected chi connectivity index (χ4v) is 3.80. The van der Waals surface area contributed by atoms with Gasteiger partial charge in [-0.3, -0.25) is 9.20 Å². The highest BCUT2D eigenvalue weighted by molar-refractivity contribution is 7.15. The largest absolute Gasteiger partial charge is 0.290 e. The van der Waals surface area contributed by atoms with E-state index in [0.717, 1.165) is 21.9 Å². The molecule has 3 aromatic heterocycles. The molecule has 1 aromatic carbocycles. The normalized spacial score (nSPS) is 11.5. The number of imidazole rings is 1. The quantitative estimate of drug-likeness (QED) is 0.375. The molecule has 118 valence electrons. The number of aromatic nitrogens is 2. The summed E-state index contributed by atoms with van der Waals surface area (Å²) in [4.78, 5) is 18.4. The average molecular weight is 354 g/mol. The van der Waals surface area contributed by atoms with Crippen LogP contribution in [0.4, 0.5) is 4.39 Å². The van der Waals surface area contributed by atoms with Crippen LogP contribution in [0.5, 0.6) is 0 Å². The molecule has 0 saturated carbocycles. The van der Waals surface area contributed by atoms with Crippen molar-refractivity contribution < 1.29 is 9.18 Å². The lowest BCUT2D eigenvalue weighted by molar-refractivity contribution is 0.105. The maximum absolute atomic E-state index is 13.2. The van der Waals surface area contributed by atoms with Gasteiger partial charge in [-0.25, -0.2) is 9.37 Å². The fraction of sp³-hybridized carbons (Fsp3) is 0. The van der Waals surface area contributed by atoms with Gasteiger partial charge in [-0.2, -0.15) is 0 Å². The number of hydrogen-bond donors (Lipinski definition) is 0. The van der Waals surface area contributed by atoms with Crippen molar-refractivity contribution in [1.29, 1.82) is 0 Å². The first kappa shape index (κ1) is 15.0. The van der Waals surface area contributed by atoms with Gasteiger partial charge in [0.1, 0.15) is 5.82 Å². The summed E-state index contributed by atoms with van der Waals surface area (Å²) in [6.45, 7) is 0. The van der Waals surface area contributed by atoms with Gasteiger partial charge in [-0.05, 0) is 47.9 Å². The molecule has 6 heteroatoms. The van der Waals surface area contributed by atoms with Gasteiger partial charge >= 0.3 is 0 Å². The summed E-state index contributed by atoms with van der Waals surface area (Å²) in [6.07, 6.45) is 5.24. The van der Waals surface area contributed by atoms with Crippen LogP contribution in [-0.2, 0) is 0 Å². The van der Waals surface area contributed by atoms with Crippen LogP contribution in [0.3, 0.4) is 0 Å². The van der Waals surface area contributed by atoms with Crippen LogP contribution in [-0.4, -0.2) is 15.2 Å². The van der Waals surface area contributed by atoms with E-state index in [4.69, 9.17) is 0 Å². The second kappa shape index (κ2) is 6.14. The third kappa shape index (κ3) is 2.70. The Morgan fingerprint density at radius 2 is 1.96 bits per heavy atom. The number of ketones is 1. The topological polar surface area (TPSA) is 34.4 Å². The van der Waals surface area contributed by atoms with Gasteiger partial charge in [0.05, 0.1) is 16.3 Å². The maximum Gasteiger partial charge on any atom is 0.195 e. The molecule has 4 rings (SSSR count). The van der Waals surface area contributed by atoms with Gasteiger partial charge in [0.25, 0.3) is 0 Å². The fourth-order valence-electron chi connectivity index (χ4n) is 2.44. The molecule has 3 heterocycles. The molecule has 0 bridgehead atoms. The molecule has 0 aliphatic carbocycles. The summed E-state index contributed by atoms with van der Waals surface area (Å²) in [7, 11) is 0. The first-order chi connectivity index (χ1) is 11.7. The third-order valence-corrected chi connectivity index (χ3v) is 5.21. The Kier molecular flexibility index (Phi) is 3.84. The predicted octanol–water partition coefficient (Wildman–Crippen LogP) is 5.16. The second-order valence-corrected chi connectivity index (χ2v) is 6.90. The average Bonchev–Trinajstić information content (AvgIpc) is 3.31. The number of benzene rings is 1. The summed E-state index contributed by atoms with van der Waals surface area (Å²) in [5.41, 5.74) is 2.36. The van der Waals surface area contributed by atoms with Crippen molar-refractivity contribution in [2.75, 3.05) is 0 Å². The summed E-state index contributed by atoms with van der Waals surface area (Å²) >= 11 is 2.93. The van der Waals surface area contributed by atoms with Crippen LogP contribution in [0.25, 0.3) is 22.3 Å². The van der Waals surface area contributed by atoms with Crippen molar-refractivity contribution in [3.8, 4) is 11.3 Å². The number of thiophene rings is 1. The first-order valence-corrected chi connectivity index (χ1v) is 8.96. The van der Waals surface area contributed by atoms with Gasteiger partial charge in [0.15, 0.2) is 10.7 Å². The standard InChI is InChI=1S/C18H11FN2OS2/c19-13-5-3-12(4-6-13)17-14(21-9-11-24-18(21)20-17)7-8-15(22)16-2-1-10-23-16/h1-11H. The molecule has 0 amide bonds. The lowest BCUT2D eigenvalue weighted by Crippen LogP contribution is -1.91. The zero-order chi connectivity index (χ0) is 16.5. The number of hydrogen-bond acceptors (Lipinski definition) is 4. The van der Waals surface area contributed by atoms with Gasteiger partial charge in [-0.15, -0.1) is 22.7 Å². The number of halogens is 1. The Morgan fingerprint density at radius 3 is 2.71 bits per heavy atom. The van der Waals surface area contributed by atoms with Crippen molar-refractivity contribution in [2.45, 2.75) is 0 Å². The van der Waals surface area contributed by atoms with Crippen LogP contribution >= 0.6 is 22.7 Å². The number of rotatable bonds is 4. The van der Waals surface area contributed by atoms with Crippen molar-refractivity contribution in [1.82, 2.24) is 9.38 Å². The molecule has 0 radical (unpaired) electrons. The number of thiazole rings is 1. The Labute approximate surface area is 145 Å². The minimum atomic E-state index is -0.287. The molecule has 0 atom stereocenters. The summed E-state index contributed by atoms with van der Waals surface area (Å²) in [5.74, 6) is -0.329. The van der Waals surface area contributed by atoms with E-state index in [0.29, 0.717) is 4.88 Å². The molecule has 3 nitrogen and oxygen atoms in total. The van der Waals surface area contributed by atoms with E-state index in [2.05, 4.69) is 4.98 Å². The highest BCUT2D eigenvalue weighted by atomic mass is 32.1.